The van der Waals surface area contributed by atoms with Gasteiger partial charge in [-0.15, -0.1) is 0 Å². The standard InChI is InChI=1S/C16H21N3O3S/c1-4-12(2)19-15(8-9-17-19)18-16(20)14-7-5-6-13(10-14)11-23(3,21)22/h5-10,12H,4,11H2,1-3H3,(H,18,20). The van der Waals surface area contributed by atoms with Gasteiger partial charge in [0, 0.05) is 17.9 Å². The fourth-order valence-corrected chi connectivity index (χ4v) is 3.02. The maximum Gasteiger partial charge on any atom is 0.256 e. The molecule has 124 valence electrons. The Morgan fingerprint density at radius 2 is 2.09 bits per heavy atom. The molecule has 23 heavy (non-hydrogen) atoms. The van der Waals surface area contributed by atoms with E-state index in [-0.39, 0.29) is 17.7 Å². The van der Waals surface area contributed by atoms with Crippen LogP contribution in [0.2, 0.25) is 0 Å². The second-order valence-corrected chi connectivity index (χ2v) is 7.78. The van der Waals surface area contributed by atoms with Gasteiger partial charge in [-0.3, -0.25) is 4.79 Å². The average molecular weight is 335 g/mol. The maximum absolute atomic E-state index is 12.4. The van der Waals surface area contributed by atoms with Crippen LogP contribution in [0, 0.1) is 0 Å². The van der Waals surface area contributed by atoms with Crippen LogP contribution in [0.5, 0.6) is 0 Å². The average Bonchev–Trinajstić information content (AvgIpc) is 2.93. The van der Waals surface area contributed by atoms with Crippen molar-refractivity contribution in [2.24, 2.45) is 0 Å². The number of carbonyl (C=O) groups excluding carboxylic acids is 1. The van der Waals surface area contributed by atoms with Crippen LogP contribution in [0.25, 0.3) is 0 Å². The molecule has 1 unspecified atom stereocenters. The molecule has 1 amide bonds. The van der Waals surface area contributed by atoms with Crippen molar-refractivity contribution >= 4 is 21.6 Å². The molecule has 1 aromatic heterocycles. The molecule has 2 rings (SSSR count). The predicted molar refractivity (Wildman–Crippen MR) is 90.2 cm³/mol. The lowest BCUT2D eigenvalue weighted by Crippen LogP contribution is -2.17. The first-order valence-corrected chi connectivity index (χ1v) is 9.47. The van der Waals surface area contributed by atoms with Gasteiger partial charge in [0.25, 0.3) is 5.91 Å². The molecule has 0 aliphatic carbocycles. The SMILES string of the molecule is CCC(C)n1nccc1NC(=O)c1cccc(CS(C)(=O)=O)c1. The molecule has 0 saturated heterocycles. The van der Waals surface area contributed by atoms with Gasteiger partial charge in [0.1, 0.15) is 5.82 Å². The fraction of sp³-hybridized carbons (Fsp3) is 0.375. The summed E-state index contributed by atoms with van der Waals surface area (Å²) >= 11 is 0. The lowest BCUT2D eigenvalue weighted by Gasteiger charge is -2.14. The van der Waals surface area contributed by atoms with Crippen molar-refractivity contribution in [3.8, 4) is 0 Å². The minimum atomic E-state index is -3.14. The number of hydrogen-bond acceptors (Lipinski definition) is 4. The van der Waals surface area contributed by atoms with E-state index < -0.39 is 9.84 Å². The lowest BCUT2D eigenvalue weighted by atomic mass is 10.1. The van der Waals surface area contributed by atoms with Crippen molar-refractivity contribution in [1.82, 2.24) is 9.78 Å². The van der Waals surface area contributed by atoms with Crippen molar-refractivity contribution in [3.63, 3.8) is 0 Å². The fourth-order valence-electron chi connectivity index (χ4n) is 2.23. The van der Waals surface area contributed by atoms with Crippen molar-refractivity contribution in [2.45, 2.75) is 32.1 Å². The quantitative estimate of drug-likeness (QED) is 0.880. The van der Waals surface area contributed by atoms with Crippen LogP contribution in [0.3, 0.4) is 0 Å². The van der Waals surface area contributed by atoms with E-state index in [4.69, 9.17) is 0 Å². The molecule has 0 spiro atoms. The van der Waals surface area contributed by atoms with Crippen LogP contribution >= 0.6 is 0 Å². The number of carbonyl (C=O) groups is 1. The van der Waals surface area contributed by atoms with Crippen LogP contribution in [0.1, 0.15) is 42.2 Å². The molecular weight excluding hydrogens is 314 g/mol. The van der Waals surface area contributed by atoms with Gasteiger partial charge in [-0.05, 0) is 31.0 Å². The number of nitrogens with one attached hydrogen (secondary N) is 1. The zero-order valence-corrected chi connectivity index (χ0v) is 14.3. The molecule has 0 aliphatic heterocycles. The number of sulfone groups is 1. The summed E-state index contributed by atoms with van der Waals surface area (Å²) in [4.78, 5) is 12.4. The molecule has 2 aromatic rings. The van der Waals surface area contributed by atoms with E-state index in [1.807, 2.05) is 13.8 Å². The van der Waals surface area contributed by atoms with E-state index in [9.17, 15) is 13.2 Å². The third-order valence-electron chi connectivity index (χ3n) is 3.54. The van der Waals surface area contributed by atoms with Crippen LogP contribution in [-0.2, 0) is 15.6 Å². The third kappa shape index (κ3) is 4.66. The van der Waals surface area contributed by atoms with Gasteiger partial charge in [0.2, 0.25) is 0 Å². The van der Waals surface area contributed by atoms with Crippen LogP contribution < -0.4 is 5.32 Å². The molecule has 1 heterocycles. The Morgan fingerprint density at radius 3 is 2.74 bits per heavy atom. The second-order valence-electron chi connectivity index (χ2n) is 5.64. The molecule has 1 atom stereocenters. The molecule has 0 saturated carbocycles. The molecule has 0 aliphatic rings. The largest absolute Gasteiger partial charge is 0.307 e. The first-order valence-electron chi connectivity index (χ1n) is 7.41. The smallest absolute Gasteiger partial charge is 0.256 e. The van der Waals surface area contributed by atoms with E-state index in [0.717, 1.165) is 6.42 Å². The van der Waals surface area contributed by atoms with Gasteiger partial charge in [-0.1, -0.05) is 19.1 Å². The lowest BCUT2D eigenvalue weighted by molar-refractivity contribution is 0.102. The molecule has 1 aromatic carbocycles. The summed E-state index contributed by atoms with van der Waals surface area (Å²) in [6.45, 7) is 4.07. The van der Waals surface area contributed by atoms with E-state index >= 15 is 0 Å². The number of nitrogens with zero attached hydrogens (tertiary/aromatic N) is 2. The highest BCUT2D eigenvalue weighted by molar-refractivity contribution is 7.89. The molecule has 0 radical (unpaired) electrons. The minimum absolute atomic E-state index is 0.0844. The Balaban J connectivity index is 2.19. The summed E-state index contributed by atoms with van der Waals surface area (Å²) in [5.41, 5.74) is 1.01. The Bertz CT molecular complexity index is 796. The van der Waals surface area contributed by atoms with Crippen LogP contribution in [0.4, 0.5) is 5.82 Å². The monoisotopic (exact) mass is 335 g/mol. The highest BCUT2D eigenvalue weighted by atomic mass is 32.2. The van der Waals surface area contributed by atoms with E-state index in [1.165, 1.54) is 6.26 Å². The summed E-state index contributed by atoms with van der Waals surface area (Å²) in [7, 11) is -3.14. The molecule has 0 fully saturated rings. The summed E-state index contributed by atoms with van der Waals surface area (Å²) in [6.07, 6.45) is 3.71. The summed E-state index contributed by atoms with van der Waals surface area (Å²) in [6, 6.07) is 8.55. The molecule has 0 bridgehead atoms. The number of aromatic nitrogens is 2. The van der Waals surface area contributed by atoms with Crippen molar-refractivity contribution in [3.05, 3.63) is 47.7 Å². The third-order valence-corrected chi connectivity index (χ3v) is 4.40. The first kappa shape index (κ1) is 17.2. The van der Waals surface area contributed by atoms with Gasteiger partial charge < -0.3 is 5.32 Å². The Morgan fingerprint density at radius 1 is 1.35 bits per heavy atom. The first-order chi connectivity index (χ1) is 10.8. The van der Waals surface area contributed by atoms with E-state index in [2.05, 4.69) is 10.4 Å². The van der Waals surface area contributed by atoms with Crippen molar-refractivity contribution < 1.29 is 13.2 Å². The normalized spacial score (nSPS) is 12.8. The highest BCUT2D eigenvalue weighted by Crippen LogP contribution is 2.17. The number of hydrogen-bond donors (Lipinski definition) is 1. The number of rotatable bonds is 6. The number of benzene rings is 1. The second kappa shape index (κ2) is 6.95. The maximum atomic E-state index is 12.4. The van der Waals surface area contributed by atoms with Gasteiger partial charge in [0.15, 0.2) is 9.84 Å². The Hall–Kier alpha value is -2.15. The van der Waals surface area contributed by atoms with Gasteiger partial charge in [-0.2, -0.15) is 5.10 Å². The van der Waals surface area contributed by atoms with Crippen molar-refractivity contribution in [2.75, 3.05) is 11.6 Å². The zero-order valence-electron chi connectivity index (χ0n) is 13.5. The summed E-state index contributed by atoms with van der Waals surface area (Å²) < 4.78 is 24.5. The highest BCUT2D eigenvalue weighted by Gasteiger charge is 2.13. The van der Waals surface area contributed by atoms with Gasteiger partial charge >= 0.3 is 0 Å². The number of amides is 1. The zero-order chi connectivity index (χ0) is 17.0. The van der Waals surface area contributed by atoms with Crippen LogP contribution in [-0.4, -0.2) is 30.4 Å². The minimum Gasteiger partial charge on any atom is -0.307 e. The van der Waals surface area contributed by atoms with Gasteiger partial charge in [-0.25, -0.2) is 13.1 Å². The Kier molecular flexibility index (Phi) is 5.20. The molecule has 1 N–H and O–H groups in total. The molecule has 6 nitrogen and oxygen atoms in total. The van der Waals surface area contributed by atoms with Gasteiger partial charge in [0.05, 0.1) is 18.0 Å². The molecule has 7 heteroatoms. The topological polar surface area (TPSA) is 81.1 Å². The van der Waals surface area contributed by atoms with Crippen LogP contribution in [0.15, 0.2) is 36.5 Å². The predicted octanol–water partition coefficient (Wildman–Crippen LogP) is 2.65. The van der Waals surface area contributed by atoms with E-state index in [1.54, 1.807) is 41.2 Å². The summed E-state index contributed by atoms with van der Waals surface area (Å²) in [5.74, 6) is 0.252. The summed E-state index contributed by atoms with van der Waals surface area (Å²) in [5, 5.41) is 7.05. The van der Waals surface area contributed by atoms with E-state index in [0.29, 0.717) is 16.9 Å². The number of anilines is 1. The molecular formula is C16H21N3O3S. The van der Waals surface area contributed by atoms with Crippen molar-refractivity contribution in [1.29, 1.82) is 0 Å². The Labute approximate surface area is 136 Å².